The Labute approximate surface area is 92.1 Å². The number of carbonyl (C=O) groups excluding carboxylic acids is 1. The average molecular weight is 225 g/mol. The number of aromatic nitrogens is 2. The van der Waals surface area contributed by atoms with Crippen LogP contribution in [0.5, 0.6) is 0 Å². The van der Waals surface area contributed by atoms with Gasteiger partial charge in [-0.25, -0.2) is 4.79 Å². The Morgan fingerprint density at radius 3 is 2.80 bits per heavy atom. The molecule has 78 valence electrons. The second kappa shape index (κ2) is 4.56. The molecule has 0 saturated heterocycles. The minimum Gasteiger partial charge on any atom is -0.351 e. The van der Waals surface area contributed by atoms with Crippen molar-refractivity contribution in [2.75, 3.05) is 5.32 Å². The summed E-state index contributed by atoms with van der Waals surface area (Å²) in [6.07, 6.45) is 3.23. The number of hydrogen-bond donors (Lipinski definition) is 2. The van der Waals surface area contributed by atoms with Crippen LogP contribution in [0, 0.1) is 0 Å². The van der Waals surface area contributed by atoms with Gasteiger partial charge in [-0.2, -0.15) is 0 Å². The smallest absolute Gasteiger partial charge is 0.316 e. The zero-order valence-electron chi connectivity index (χ0n) is 7.68. The second-order valence-corrected chi connectivity index (χ2v) is 2.72. The normalized spacial score (nSPS) is 9.33. The molecule has 0 spiro atoms. The number of anilines is 1. The number of urea groups is 1. The van der Waals surface area contributed by atoms with Gasteiger partial charge in [0.05, 0.1) is 11.2 Å². The van der Waals surface area contributed by atoms with Crippen molar-refractivity contribution >= 4 is 35.2 Å². The molecule has 5 nitrogen and oxygen atoms in total. The zero-order valence-corrected chi connectivity index (χ0v) is 8.49. The lowest BCUT2D eigenvalue weighted by Crippen LogP contribution is -2.19. The summed E-state index contributed by atoms with van der Waals surface area (Å²) in [6.45, 7) is 0. The lowest BCUT2D eigenvalue weighted by atomic mass is 10.3. The highest BCUT2D eigenvalue weighted by atomic mass is 35.5. The molecule has 6 heteroatoms. The fourth-order valence-corrected chi connectivity index (χ4v) is 1.21. The van der Waals surface area contributed by atoms with Crippen LogP contribution < -0.4 is 11.1 Å². The fraction of sp³-hybridized carbons (Fsp3) is 0. The molecule has 0 unspecified atom stereocenters. The summed E-state index contributed by atoms with van der Waals surface area (Å²) in [5, 5.41) is 2.48. The molecule has 2 aromatic heterocycles. The third kappa shape index (κ3) is 2.32. The molecule has 2 heterocycles. The topological polar surface area (TPSA) is 80.9 Å². The molecule has 0 aliphatic heterocycles. The fourth-order valence-electron chi connectivity index (χ4n) is 1.21. The van der Waals surface area contributed by atoms with Crippen LogP contribution in [-0.4, -0.2) is 16.0 Å². The number of nitrogens with zero attached hydrogens (tertiary/aromatic N) is 2. The van der Waals surface area contributed by atoms with Crippen molar-refractivity contribution in [1.29, 1.82) is 0 Å². The van der Waals surface area contributed by atoms with Crippen molar-refractivity contribution in [2.24, 2.45) is 5.73 Å². The lowest BCUT2D eigenvalue weighted by Gasteiger charge is -2.03. The highest BCUT2D eigenvalue weighted by Crippen LogP contribution is 2.17. The van der Waals surface area contributed by atoms with Crippen LogP contribution in [0.4, 0.5) is 10.5 Å². The Kier molecular flexibility index (Phi) is 3.41. The van der Waals surface area contributed by atoms with E-state index in [4.69, 9.17) is 5.73 Å². The first-order valence-corrected chi connectivity index (χ1v) is 4.03. The molecule has 3 N–H and O–H groups in total. The molecule has 0 atom stereocenters. The van der Waals surface area contributed by atoms with Gasteiger partial charge in [0.2, 0.25) is 0 Å². The number of nitrogens with two attached hydrogens (primary N) is 1. The van der Waals surface area contributed by atoms with Crippen LogP contribution in [0.25, 0.3) is 11.0 Å². The van der Waals surface area contributed by atoms with E-state index < -0.39 is 6.03 Å². The van der Waals surface area contributed by atoms with E-state index in [0.29, 0.717) is 11.2 Å². The average Bonchev–Trinajstić information content (AvgIpc) is 2.18. The van der Waals surface area contributed by atoms with E-state index in [1.165, 1.54) is 0 Å². The summed E-state index contributed by atoms with van der Waals surface area (Å²) in [6, 6.07) is 4.64. The maximum atomic E-state index is 10.7. The van der Waals surface area contributed by atoms with E-state index in [-0.39, 0.29) is 12.4 Å². The van der Waals surface area contributed by atoms with E-state index in [9.17, 15) is 4.79 Å². The first kappa shape index (κ1) is 11.2. The van der Waals surface area contributed by atoms with Gasteiger partial charge in [-0.3, -0.25) is 9.97 Å². The van der Waals surface area contributed by atoms with Crippen LogP contribution in [0.15, 0.2) is 30.6 Å². The Hall–Kier alpha value is -1.88. The summed E-state index contributed by atoms with van der Waals surface area (Å²) < 4.78 is 0. The van der Waals surface area contributed by atoms with E-state index >= 15 is 0 Å². The second-order valence-electron chi connectivity index (χ2n) is 2.72. The molecule has 0 radical (unpaired) electrons. The van der Waals surface area contributed by atoms with Crippen molar-refractivity contribution in [3.05, 3.63) is 30.6 Å². The lowest BCUT2D eigenvalue weighted by molar-refractivity contribution is 0.259. The number of halogens is 1. The number of fused-ring (bicyclic) bond motifs is 1. The van der Waals surface area contributed by atoms with Crippen LogP contribution in [0.3, 0.4) is 0 Å². The van der Waals surface area contributed by atoms with Crippen LogP contribution >= 0.6 is 12.4 Å². The molecule has 15 heavy (non-hydrogen) atoms. The largest absolute Gasteiger partial charge is 0.351 e. The molecule has 0 aromatic carbocycles. The monoisotopic (exact) mass is 224 g/mol. The van der Waals surface area contributed by atoms with Crippen molar-refractivity contribution in [1.82, 2.24) is 9.97 Å². The van der Waals surface area contributed by atoms with Gasteiger partial charge in [-0.1, -0.05) is 0 Å². The predicted octanol–water partition coefficient (Wildman–Crippen LogP) is 1.54. The minimum atomic E-state index is -0.608. The number of primary amides is 1. The molecule has 0 bridgehead atoms. The molecular formula is C9H9ClN4O. The molecular weight excluding hydrogens is 216 g/mol. The maximum absolute atomic E-state index is 10.7. The van der Waals surface area contributed by atoms with E-state index in [1.54, 1.807) is 24.5 Å². The van der Waals surface area contributed by atoms with Gasteiger partial charge in [0.1, 0.15) is 5.52 Å². The van der Waals surface area contributed by atoms with E-state index in [0.717, 1.165) is 5.52 Å². The molecule has 2 aromatic rings. The summed E-state index contributed by atoms with van der Waals surface area (Å²) >= 11 is 0. The summed E-state index contributed by atoms with van der Waals surface area (Å²) in [5.41, 5.74) is 6.94. The third-order valence-corrected chi connectivity index (χ3v) is 1.75. The number of carbonyl (C=O) groups is 1. The number of amides is 2. The maximum Gasteiger partial charge on any atom is 0.316 e. The standard InChI is InChI=1S/C9H8N4O.ClH/c10-9(14)13-7-3-5-11-6-2-1-4-12-8(6)7;/h1-5H,(H3,10,11,13,14);1H. The highest BCUT2D eigenvalue weighted by molar-refractivity contribution is 5.97. The number of rotatable bonds is 1. The quantitative estimate of drug-likeness (QED) is 0.771. The predicted molar refractivity (Wildman–Crippen MR) is 60.0 cm³/mol. The molecule has 0 fully saturated rings. The molecule has 2 rings (SSSR count). The van der Waals surface area contributed by atoms with Crippen molar-refractivity contribution in [2.45, 2.75) is 0 Å². The number of pyridine rings is 2. The van der Waals surface area contributed by atoms with Gasteiger partial charge in [0.15, 0.2) is 0 Å². The molecule has 2 amide bonds. The summed E-state index contributed by atoms with van der Waals surface area (Å²) in [4.78, 5) is 18.9. The van der Waals surface area contributed by atoms with Gasteiger partial charge in [-0.15, -0.1) is 12.4 Å². The van der Waals surface area contributed by atoms with Gasteiger partial charge >= 0.3 is 6.03 Å². The van der Waals surface area contributed by atoms with Gasteiger partial charge < -0.3 is 11.1 Å². The summed E-state index contributed by atoms with van der Waals surface area (Å²) in [7, 11) is 0. The van der Waals surface area contributed by atoms with E-state index in [2.05, 4.69) is 15.3 Å². The Morgan fingerprint density at radius 1 is 1.27 bits per heavy atom. The zero-order chi connectivity index (χ0) is 9.97. The van der Waals surface area contributed by atoms with Crippen LogP contribution in [0.2, 0.25) is 0 Å². The molecule has 0 aliphatic carbocycles. The Morgan fingerprint density at radius 2 is 2.07 bits per heavy atom. The number of hydrogen-bond acceptors (Lipinski definition) is 3. The minimum absolute atomic E-state index is 0. The van der Waals surface area contributed by atoms with E-state index in [1.807, 2.05) is 6.07 Å². The summed E-state index contributed by atoms with van der Waals surface area (Å²) in [5.74, 6) is 0. The van der Waals surface area contributed by atoms with Crippen LogP contribution in [0.1, 0.15) is 0 Å². The number of nitrogens with one attached hydrogen (secondary N) is 1. The van der Waals surface area contributed by atoms with Gasteiger partial charge in [0, 0.05) is 12.4 Å². The third-order valence-electron chi connectivity index (χ3n) is 1.75. The van der Waals surface area contributed by atoms with Gasteiger partial charge in [0.25, 0.3) is 0 Å². The molecule has 0 saturated carbocycles. The Balaban J connectivity index is 0.00000112. The van der Waals surface area contributed by atoms with Gasteiger partial charge in [-0.05, 0) is 18.2 Å². The van der Waals surface area contributed by atoms with Crippen molar-refractivity contribution in [3.63, 3.8) is 0 Å². The van der Waals surface area contributed by atoms with Crippen molar-refractivity contribution < 1.29 is 4.79 Å². The van der Waals surface area contributed by atoms with Crippen molar-refractivity contribution in [3.8, 4) is 0 Å². The highest BCUT2D eigenvalue weighted by Gasteiger charge is 2.03. The Bertz CT molecular complexity index is 483. The van der Waals surface area contributed by atoms with Crippen LogP contribution in [-0.2, 0) is 0 Å². The SMILES string of the molecule is Cl.NC(=O)Nc1ccnc2cccnc12. The first-order valence-electron chi connectivity index (χ1n) is 4.03. The molecule has 0 aliphatic rings. The first-order chi connectivity index (χ1) is 6.77.